The van der Waals surface area contributed by atoms with Crippen LogP contribution in [0.3, 0.4) is 0 Å². The van der Waals surface area contributed by atoms with Crippen LogP contribution in [0.5, 0.6) is 5.75 Å². The van der Waals surface area contributed by atoms with Crippen LogP contribution in [0.4, 0.5) is 4.39 Å². The van der Waals surface area contributed by atoms with Gasteiger partial charge in [-0.2, -0.15) is 4.31 Å². The molecule has 1 aromatic heterocycles. The Morgan fingerprint density at radius 1 is 1.12 bits per heavy atom. The first kappa shape index (κ1) is 22.0. The Bertz CT molecular complexity index is 1220. The first-order valence-electron chi connectivity index (χ1n) is 9.84. The van der Waals surface area contributed by atoms with E-state index in [9.17, 15) is 17.6 Å². The van der Waals surface area contributed by atoms with E-state index in [2.05, 4.69) is 4.98 Å². The molecule has 4 rings (SSSR count). The first-order valence-corrected chi connectivity index (χ1v) is 11.3. The Kier molecular flexibility index (Phi) is 5.98. The van der Waals surface area contributed by atoms with E-state index in [1.54, 1.807) is 13.4 Å². The van der Waals surface area contributed by atoms with Crippen LogP contribution in [0.2, 0.25) is 0 Å². The average molecular weight is 459 g/mol. The van der Waals surface area contributed by atoms with E-state index in [1.165, 1.54) is 19.2 Å². The highest BCUT2D eigenvalue weighted by Gasteiger charge is 2.42. The Morgan fingerprint density at radius 2 is 1.81 bits per heavy atom. The van der Waals surface area contributed by atoms with E-state index in [0.717, 1.165) is 27.8 Å². The van der Waals surface area contributed by atoms with E-state index < -0.39 is 27.9 Å². The number of fused-ring (bicyclic) bond motifs is 1. The van der Waals surface area contributed by atoms with Crippen LogP contribution >= 0.6 is 0 Å². The van der Waals surface area contributed by atoms with Crippen molar-refractivity contribution in [2.75, 3.05) is 14.2 Å². The molecule has 0 radical (unpaired) electrons. The van der Waals surface area contributed by atoms with Crippen molar-refractivity contribution in [1.29, 1.82) is 0 Å². The minimum atomic E-state index is -4.09. The number of nitrogens with zero attached hydrogens (tertiary/aromatic N) is 3. The van der Waals surface area contributed by atoms with Gasteiger partial charge in [0, 0.05) is 13.0 Å². The van der Waals surface area contributed by atoms with Crippen LogP contribution in [0, 0.1) is 5.82 Å². The number of aromatic nitrogens is 2. The molecule has 0 amide bonds. The lowest BCUT2D eigenvalue weighted by Gasteiger charge is -2.33. The lowest BCUT2D eigenvalue weighted by Crippen LogP contribution is -2.49. The number of carbonyl (C=O) groups is 1. The van der Waals surface area contributed by atoms with E-state index in [0.29, 0.717) is 17.9 Å². The van der Waals surface area contributed by atoms with Crippen molar-refractivity contribution >= 4 is 16.0 Å². The van der Waals surface area contributed by atoms with Gasteiger partial charge < -0.3 is 14.0 Å². The molecule has 168 valence electrons. The molecule has 0 fully saturated rings. The van der Waals surface area contributed by atoms with E-state index in [1.807, 2.05) is 28.8 Å². The fourth-order valence-corrected chi connectivity index (χ4v) is 5.28. The molecule has 1 aliphatic heterocycles. The lowest BCUT2D eigenvalue weighted by molar-refractivity contribution is -0.145. The average Bonchev–Trinajstić information content (AvgIpc) is 3.20. The Hall–Kier alpha value is -3.24. The van der Waals surface area contributed by atoms with Crippen LogP contribution in [0.1, 0.15) is 17.0 Å². The molecule has 1 aliphatic rings. The van der Waals surface area contributed by atoms with Gasteiger partial charge in [-0.3, -0.25) is 4.79 Å². The number of rotatable bonds is 6. The van der Waals surface area contributed by atoms with Crippen molar-refractivity contribution < 1.29 is 27.1 Å². The maximum atomic E-state index is 13.4. The molecular formula is C22H22FN3O5S. The minimum Gasteiger partial charge on any atom is -0.497 e. The van der Waals surface area contributed by atoms with Crippen LogP contribution in [0.25, 0.3) is 0 Å². The molecule has 0 bridgehead atoms. The molecule has 10 heteroatoms. The second-order valence-electron chi connectivity index (χ2n) is 7.36. The van der Waals surface area contributed by atoms with Gasteiger partial charge in [-0.05, 0) is 42.0 Å². The van der Waals surface area contributed by atoms with E-state index >= 15 is 0 Å². The molecular weight excluding hydrogens is 437 g/mol. The SMILES string of the molecule is COC(=O)C1Cc2ncn(Cc3ccc(OC)cc3)c2CN1S(=O)(=O)c1ccc(F)cc1. The van der Waals surface area contributed by atoms with Crippen molar-refractivity contribution in [1.82, 2.24) is 13.9 Å². The standard InChI is InChI=1S/C22H22FN3O5S/c1-30-17-7-3-15(4-8-17)12-25-14-24-19-11-20(22(27)31-2)26(13-21(19)25)32(28,29)18-9-5-16(23)6-10-18/h3-10,14,20H,11-13H2,1-2H3. The van der Waals surface area contributed by atoms with Crippen LogP contribution in [-0.2, 0) is 39.1 Å². The van der Waals surface area contributed by atoms with Gasteiger partial charge in [0.15, 0.2) is 0 Å². The highest BCUT2D eigenvalue weighted by Crippen LogP contribution is 2.30. The number of esters is 1. The monoisotopic (exact) mass is 459 g/mol. The van der Waals surface area contributed by atoms with Gasteiger partial charge in [0.25, 0.3) is 0 Å². The number of carbonyl (C=O) groups excluding carboxylic acids is 1. The molecule has 8 nitrogen and oxygen atoms in total. The zero-order valence-electron chi connectivity index (χ0n) is 17.6. The molecule has 3 aromatic rings. The van der Waals surface area contributed by atoms with Gasteiger partial charge >= 0.3 is 5.97 Å². The maximum absolute atomic E-state index is 13.4. The predicted octanol–water partition coefficient (Wildman–Crippen LogP) is 2.37. The van der Waals surface area contributed by atoms with Crippen LogP contribution in [0.15, 0.2) is 59.8 Å². The van der Waals surface area contributed by atoms with E-state index in [-0.39, 0.29) is 17.9 Å². The largest absolute Gasteiger partial charge is 0.497 e. The Morgan fingerprint density at radius 3 is 2.44 bits per heavy atom. The topological polar surface area (TPSA) is 90.7 Å². The molecule has 1 atom stereocenters. The lowest BCUT2D eigenvalue weighted by atomic mass is 10.1. The Balaban J connectivity index is 1.69. The number of ether oxygens (including phenoxy) is 2. The first-order chi connectivity index (χ1) is 15.3. The van der Waals surface area contributed by atoms with Gasteiger partial charge in [-0.1, -0.05) is 12.1 Å². The molecule has 0 aliphatic carbocycles. The molecule has 2 aromatic carbocycles. The summed E-state index contributed by atoms with van der Waals surface area (Å²) in [4.78, 5) is 16.8. The molecule has 2 heterocycles. The number of sulfonamides is 1. The van der Waals surface area contributed by atoms with Crippen molar-refractivity contribution in [2.45, 2.75) is 30.4 Å². The third-order valence-electron chi connectivity index (χ3n) is 5.48. The number of imidazole rings is 1. The number of methoxy groups -OCH3 is 2. The zero-order chi connectivity index (χ0) is 22.9. The van der Waals surface area contributed by atoms with E-state index in [4.69, 9.17) is 9.47 Å². The number of hydrogen-bond acceptors (Lipinski definition) is 6. The summed E-state index contributed by atoms with van der Waals surface area (Å²) in [5, 5.41) is 0. The van der Waals surface area contributed by atoms with Gasteiger partial charge in [-0.25, -0.2) is 17.8 Å². The second-order valence-corrected chi connectivity index (χ2v) is 9.25. The number of benzene rings is 2. The summed E-state index contributed by atoms with van der Waals surface area (Å²) in [7, 11) is -1.29. The number of hydrogen-bond donors (Lipinski definition) is 0. The quantitative estimate of drug-likeness (QED) is 0.526. The van der Waals surface area contributed by atoms with Crippen molar-refractivity contribution in [3.05, 3.63) is 77.6 Å². The molecule has 32 heavy (non-hydrogen) atoms. The molecule has 0 spiro atoms. The summed E-state index contributed by atoms with van der Waals surface area (Å²) >= 11 is 0. The Labute approximate surface area is 185 Å². The fraction of sp³-hybridized carbons (Fsp3) is 0.273. The molecule has 1 unspecified atom stereocenters. The summed E-state index contributed by atoms with van der Waals surface area (Å²) < 4.78 is 53.0. The number of halogens is 1. The minimum absolute atomic E-state index is 0.0645. The third-order valence-corrected chi connectivity index (χ3v) is 7.35. The maximum Gasteiger partial charge on any atom is 0.324 e. The van der Waals surface area contributed by atoms with Gasteiger partial charge in [0.05, 0.1) is 43.4 Å². The third kappa shape index (κ3) is 4.11. The van der Waals surface area contributed by atoms with Crippen LogP contribution in [-0.4, -0.2) is 48.5 Å². The molecule has 0 saturated carbocycles. The van der Waals surface area contributed by atoms with Gasteiger partial charge in [-0.15, -0.1) is 0 Å². The van der Waals surface area contributed by atoms with Crippen molar-refractivity contribution in [3.8, 4) is 5.75 Å². The summed E-state index contributed by atoms with van der Waals surface area (Å²) in [6.07, 6.45) is 1.72. The highest BCUT2D eigenvalue weighted by atomic mass is 32.2. The van der Waals surface area contributed by atoms with Gasteiger partial charge in [0.1, 0.15) is 17.6 Å². The van der Waals surface area contributed by atoms with Gasteiger partial charge in [0.2, 0.25) is 10.0 Å². The summed E-state index contributed by atoms with van der Waals surface area (Å²) in [5.74, 6) is -0.489. The summed E-state index contributed by atoms with van der Waals surface area (Å²) in [6, 6.07) is 11.0. The highest BCUT2D eigenvalue weighted by molar-refractivity contribution is 7.89. The smallest absolute Gasteiger partial charge is 0.324 e. The fourth-order valence-electron chi connectivity index (χ4n) is 3.74. The molecule has 0 N–H and O–H groups in total. The summed E-state index contributed by atoms with van der Waals surface area (Å²) in [5.41, 5.74) is 2.31. The zero-order valence-corrected chi connectivity index (χ0v) is 18.4. The second kappa shape index (κ2) is 8.71. The normalized spacial score (nSPS) is 16.4. The predicted molar refractivity (Wildman–Crippen MR) is 113 cm³/mol. The molecule has 0 saturated heterocycles. The van der Waals surface area contributed by atoms with Crippen molar-refractivity contribution in [3.63, 3.8) is 0 Å². The summed E-state index contributed by atoms with van der Waals surface area (Å²) in [6.45, 7) is 0.407. The van der Waals surface area contributed by atoms with Crippen LogP contribution < -0.4 is 4.74 Å². The van der Waals surface area contributed by atoms with Crippen molar-refractivity contribution in [2.24, 2.45) is 0 Å².